The first-order valence-corrected chi connectivity index (χ1v) is 5.76. The SMILES string of the molecule is CCN(C)c1nc(Cl)nc2ccc(OC)cc12. The molecule has 0 atom stereocenters. The Kier molecular flexibility index (Phi) is 3.33. The molecule has 0 radical (unpaired) electrons. The molecule has 1 aromatic heterocycles. The smallest absolute Gasteiger partial charge is 0.224 e. The van der Waals surface area contributed by atoms with E-state index in [1.54, 1.807) is 7.11 Å². The number of hydrogen-bond acceptors (Lipinski definition) is 4. The first-order valence-electron chi connectivity index (χ1n) is 5.38. The summed E-state index contributed by atoms with van der Waals surface area (Å²) < 4.78 is 5.21. The highest BCUT2D eigenvalue weighted by molar-refractivity contribution is 6.28. The second kappa shape index (κ2) is 4.75. The maximum absolute atomic E-state index is 5.92. The average Bonchev–Trinajstić information content (AvgIpc) is 2.36. The first kappa shape index (κ1) is 11.9. The molecule has 5 heteroatoms. The first-order chi connectivity index (χ1) is 8.15. The van der Waals surface area contributed by atoms with Crippen molar-refractivity contribution in [3.63, 3.8) is 0 Å². The van der Waals surface area contributed by atoms with E-state index in [4.69, 9.17) is 16.3 Å². The Morgan fingerprint density at radius 1 is 1.35 bits per heavy atom. The summed E-state index contributed by atoms with van der Waals surface area (Å²) in [5.74, 6) is 1.61. The zero-order valence-corrected chi connectivity index (χ0v) is 10.8. The Morgan fingerprint density at radius 2 is 2.12 bits per heavy atom. The molecule has 1 heterocycles. The Morgan fingerprint density at radius 3 is 2.76 bits per heavy atom. The topological polar surface area (TPSA) is 38.2 Å². The van der Waals surface area contributed by atoms with Gasteiger partial charge >= 0.3 is 0 Å². The van der Waals surface area contributed by atoms with Crippen molar-refractivity contribution in [2.75, 3.05) is 25.6 Å². The van der Waals surface area contributed by atoms with Crippen molar-refractivity contribution < 1.29 is 4.74 Å². The van der Waals surface area contributed by atoms with Crippen LogP contribution in [-0.2, 0) is 0 Å². The minimum atomic E-state index is 0.262. The van der Waals surface area contributed by atoms with Gasteiger partial charge in [-0.1, -0.05) is 0 Å². The van der Waals surface area contributed by atoms with Crippen LogP contribution in [0.25, 0.3) is 10.9 Å². The number of methoxy groups -OCH3 is 1. The lowest BCUT2D eigenvalue weighted by atomic mass is 10.2. The van der Waals surface area contributed by atoms with Crippen LogP contribution >= 0.6 is 11.6 Å². The van der Waals surface area contributed by atoms with Crippen LogP contribution < -0.4 is 9.64 Å². The predicted octanol–water partition coefficient (Wildman–Crippen LogP) is 2.75. The van der Waals surface area contributed by atoms with E-state index < -0.39 is 0 Å². The molecule has 0 fully saturated rings. The van der Waals surface area contributed by atoms with Crippen LogP contribution in [0.4, 0.5) is 5.82 Å². The van der Waals surface area contributed by atoms with Gasteiger partial charge in [-0.3, -0.25) is 0 Å². The number of benzene rings is 1. The third-order valence-electron chi connectivity index (χ3n) is 2.69. The molecular formula is C12H14ClN3O. The fraction of sp³-hybridized carbons (Fsp3) is 0.333. The fourth-order valence-electron chi connectivity index (χ4n) is 1.63. The lowest BCUT2D eigenvalue weighted by Crippen LogP contribution is -2.18. The zero-order valence-electron chi connectivity index (χ0n) is 10.1. The van der Waals surface area contributed by atoms with E-state index >= 15 is 0 Å². The van der Waals surface area contributed by atoms with Crippen LogP contribution in [0.1, 0.15) is 6.92 Å². The van der Waals surface area contributed by atoms with Gasteiger partial charge in [-0.2, -0.15) is 4.98 Å². The maximum atomic E-state index is 5.92. The van der Waals surface area contributed by atoms with Crippen LogP contribution in [-0.4, -0.2) is 30.7 Å². The van der Waals surface area contributed by atoms with Gasteiger partial charge in [0, 0.05) is 19.0 Å². The third-order valence-corrected chi connectivity index (χ3v) is 2.86. The lowest BCUT2D eigenvalue weighted by Gasteiger charge is -2.17. The lowest BCUT2D eigenvalue weighted by molar-refractivity contribution is 0.415. The molecule has 0 aliphatic carbocycles. The predicted molar refractivity (Wildman–Crippen MR) is 70.0 cm³/mol. The molecule has 90 valence electrons. The molecule has 4 nitrogen and oxygen atoms in total. The Hall–Kier alpha value is -1.55. The average molecular weight is 252 g/mol. The zero-order chi connectivity index (χ0) is 12.4. The molecule has 2 rings (SSSR count). The summed E-state index contributed by atoms with van der Waals surface area (Å²) in [6.45, 7) is 2.90. The monoisotopic (exact) mass is 251 g/mol. The number of rotatable bonds is 3. The van der Waals surface area contributed by atoms with E-state index in [-0.39, 0.29) is 5.28 Å². The van der Waals surface area contributed by atoms with Gasteiger partial charge in [0.2, 0.25) is 5.28 Å². The van der Waals surface area contributed by atoms with Gasteiger partial charge in [0.25, 0.3) is 0 Å². The second-order valence-electron chi connectivity index (χ2n) is 3.71. The van der Waals surface area contributed by atoms with Crippen molar-refractivity contribution in [1.82, 2.24) is 9.97 Å². The highest BCUT2D eigenvalue weighted by atomic mass is 35.5. The minimum Gasteiger partial charge on any atom is -0.497 e. The van der Waals surface area contributed by atoms with E-state index in [9.17, 15) is 0 Å². The van der Waals surface area contributed by atoms with Gasteiger partial charge in [0.15, 0.2) is 0 Å². The van der Waals surface area contributed by atoms with Gasteiger partial charge < -0.3 is 9.64 Å². The minimum absolute atomic E-state index is 0.262. The van der Waals surface area contributed by atoms with Gasteiger partial charge in [-0.15, -0.1) is 0 Å². The Balaban J connectivity index is 2.70. The van der Waals surface area contributed by atoms with Crippen LogP contribution in [0.15, 0.2) is 18.2 Å². The summed E-state index contributed by atoms with van der Waals surface area (Å²) in [6, 6.07) is 5.67. The number of anilines is 1. The van der Waals surface area contributed by atoms with Crippen molar-refractivity contribution in [2.24, 2.45) is 0 Å². The van der Waals surface area contributed by atoms with E-state index in [1.807, 2.05) is 30.1 Å². The van der Waals surface area contributed by atoms with Gasteiger partial charge in [-0.05, 0) is 36.7 Å². The van der Waals surface area contributed by atoms with E-state index in [0.29, 0.717) is 0 Å². The highest BCUT2D eigenvalue weighted by Crippen LogP contribution is 2.28. The molecule has 0 saturated heterocycles. The molecule has 0 unspecified atom stereocenters. The van der Waals surface area contributed by atoms with Crippen molar-refractivity contribution >= 4 is 28.3 Å². The molecule has 0 bridgehead atoms. The molecule has 0 N–H and O–H groups in total. The molecule has 0 aliphatic heterocycles. The van der Waals surface area contributed by atoms with Gasteiger partial charge in [0.05, 0.1) is 12.6 Å². The standard InChI is InChI=1S/C12H14ClN3O/c1-4-16(2)11-9-7-8(17-3)5-6-10(9)14-12(13)15-11/h5-7H,4H2,1-3H3. The van der Waals surface area contributed by atoms with Gasteiger partial charge in [0.1, 0.15) is 11.6 Å². The number of halogens is 1. The largest absolute Gasteiger partial charge is 0.497 e. The van der Waals surface area contributed by atoms with Crippen molar-refractivity contribution in [2.45, 2.75) is 6.92 Å². The van der Waals surface area contributed by atoms with E-state index in [2.05, 4.69) is 16.9 Å². The van der Waals surface area contributed by atoms with E-state index in [1.165, 1.54) is 0 Å². The summed E-state index contributed by atoms with van der Waals surface area (Å²) in [7, 11) is 3.61. The summed E-state index contributed by atoms with van der Waals surface area (Å²) in [5, 5.41) is 1.20. The molecule has 0 aliphatic rings. The number of hydrogen-bond donors (Lipinski definition) is 0. The van der Waals surface area contributed by atoms with E-state index in [0.717, 1.165) is 29.0 Å². The second-order valence-corrected chi connectivity index (χ2v) is 4.05. The number of nitrogens with zero attached hydrogens (tertiary/aromatic N) is 3. The van der Waals surface area contributed by atoms with Gasteiger partial charge in [-0.25, -0.2) is 4.98 Å². The molecule has 1 aromatic carbocycles. The number of aromatic nitrogens is 2. The summed E-state index contributed by atoms with van der Waals surface area (Å²) in [4.78, 5) is 10.5. The van der Waals surface area contributed by atoms with Crippen LogP contribution in [0.5, 0.6) is 5.75 Å². The molecule has 0 amide bonds. The summed E-state index contributed by atoms with van der Waals surface area (Å²) >= 11 is 5.92. The molecule has 2 aromatic rings. The quantitative estimate of drug-likeness (QED) is 0.787. The summed E-state index contributed by atoms with van der Waals surface area (Å²) in [6.07, 6.45) is 0. The van der Waals surface area contributed by atoms with Crippen LogP contribution in [0.2, 0.25) is 5.28 Å². The molecule has 0 saturated carbocycles. The summed E-state index contributed by atoms with van der Waals surface area (Å²) in [5.41, 5.74) is 0.820. The highest BCUT2D eigenvalue weighted by Gasteiger charge is 2.10. The van der Waals surface area contributed by atoms with Crippen molar-refractivity contribution in [3.05, 3.63) is 23.5 Å². The van der Waals surface area contributed by atoms with Crippen molar-refractivity contribution in [3.8, 4) is 5.75 Å². The third kappa shape index (κ3) is 2.26. The Labute approximate surface area is 105 Å². The molecule has 17 heavy (non-hydrogen) atoms. The van der Waals surface area contributed by atoms with Crippen LogP contribution in [0.3, 0.4) is 0 Å². The van der Waals surface area contributed by atoms with Crippen molar-refractivity contribution in [1.29, 1.82) is 0 Å². The maximum Gasteiger partial charge on any atom is 0.224 e. The fourth-order valence-corrected chi connectivity index (χ4v) is 1.80. The molecule has 0 spiro atoms. The number of ether oxygens (including phenoxy) is 1. The Bertz CT molecular complexity index is 545. The number of fused-ring (bicyclic) bond motifs is 1. The molecular weight excluding hydrogens is 238 g/mol. The normalized spacial score (nSPS) is 10.6. The van der Waals surface area contributed by atoms with Crippen LogP contribution in [0, 0.1) is 0 Å².